The van der Waals surface area contributed by atoms with Crippen molar-refractivity contribution in [3.05, 3.63) is 29.8 Å². The number of hydrogen-bond acceptors (Lipinski definition) is 3. The van der Waals surface area contributed by atoms with Crippen LogP contribution in [0.4, 0.5) is 0 Å². The van der Waals surface area contributed by atoms with Crippen LogP contribution in [0.5, 0.6) is 5.75 Å². The van der Waals surface area contributed by atoms with Crippen LogP contribution in [0.1, 0.15) is 32.3 Å². The molecule has 0 aliphatic carbocycles. The number of likely N-dealkylation sites (N-methyl/N-ethyl adjacent to an activating group) is 1. The molecule has 0 saturated carbocycles. The van der Waals surface area contributed by atoms with E-state index >= 15 is 0 Å². The van der Waals surface area contributed by atoms with Crippen LogP contribution in [-0.2, 0) is 11.2 Å². The van der Waals surface area contributed by atoms with E-state index in [9.17, 15) is 4.79 Å². The Balaban J connectivity index is 2.35. The predicted octanol–water partition coefficient (Wildman–Crippen LogP) is 2.47. The molecule has 0 saturated heterocycles. The molecule has 1 atom stereocenters. The molecule has 0 radical (unpaired) electrons. The molecular weight excluding hydrogens is 242 g/mol. The van der Waals surface area contributed by atoms with Crippen LogP contribution in [0, 0.1) is 0 Å². The monoisotopic (exact) mass is 265 g/mol. The minimum Gasteiger partial charge on any atom is -0.494 e. The first-order chi connectivity index (χ1) is 9.01. The second-order valence-electron chi connectivity index (χ2n) is 4.84. The number of carbonyl (C=O) groups is 1. The molecule has 0 heterocycles. The summed E-state index contributed by atoms with van der Waals surface area (Å²) in [5.74, 6) is 0.000912. The fraction of sp³-hybridized carbons (Fsp3) is 0.533. The largest absolute Gasteiger partial charge is 0.494 e. The van der Waals surface area contributed by atoms with Gasteiger partial charge in [0.15, 0.2) is 0 Å². The van der Waals surface area contributed by atoms with Gasteiger partial charge in [0.05, 0.1) is 6.61 Å². The minimum absolute atomic E-state index is 0.524. The van der Waals surface area contributed by atoms with Crippen molar-refractivity contribution in [3.8, 4) is 5.75 Å². The Bertz CT molecular complexity index is 402. The van der Waals surface area contributed by atoms with Crippen molar-refractivity contribution in [3.63, 3.8) is 0 Å². The van der Waals surface area contributed by atoms with Crippen LogP contribution in [0.2, 0.25) is 0 Å². The molecule has 0 fully saturated rings. The Morgan fingerprint density at radius 3 is 2.47 bits per heavy atom. The fourth-order valence-corrected chi connectivity index (χ4v) is 1.78. The second-order valence-corrected chi connectivity index (χ2v) is 4.84. The molecule has 0 aliphatic rings. The maximum absolute atomic E-state index is 11.1. The lowest BCUT2D eigenvalue weighted by molar-refractivity contribution is -0.144. The summed E-state index contributed by atoms with van der Waals surface area (Å²) in [5.41, 5.74) is 0.399. The second kappa shape index (κ2) is 7.14. The molecule has 0 amide bonds. The van der Waals surface area contributed by atoms with E-state index in [1.54, 1.807) is 14.0 Å². The molecule has 4 heteroatoms. The van der Waals surface area contributed by atoms with Gasteiger partial charge in [0.1, 0.15) is 11.3 Å². The molecule has 1 rings (SSSR count). The summed E-state index contributed by atoms with van der Waals surface area (Å²) >= 11 is 0. The highest BCUT2D eigenvalue weighted by molar-refractivity contribution is 5.78. The van der Waals surface area contributed by atoms with Gasteiger partial charge in [-0.05, 0) is 50.9 Å². The molecule has 0 spiro atoms. The number of carboxylic acids is 1. The third-order valence-corrected chi connectivity index (χ3v) is 3.45. The van der Waals surface area contributed by atoms with Gasteiger partial charge >= 0.3 is 5.97 Å². The number of rotatable bonds is 8. The Kier molecular flexibility index (Phi) is 5.83. The maximum Gasteiger partial charge on any atom is 0.323 e. The number of hydrogen-bond donors (Lipinski definition) is 2. The number of carboxylic acid groups (broad SMARTS) is 1. The van der Waals surface area contributed by atoms with E-state index in [1.807, 2.05) is 24.3 Å². The van der Waals surface area contributed by atoms with Crippen LogP contribution in [-0.4, -0.2) is 30.3 Å². The average Bonchev–Trinajstić information content (AvgIpc) is 2.43. The van der Waals surface area contributed by atoms with Crippen molar-refractivity contribution in [2.45, 2.75) is 38.6 Å². The topological polar surface area (TPSA) is 58.6 Å². The Morgan fingerprint density at radius 1 is 1.37 bits per heavy atom. The molecule has 4 nitrogen and oxygen atoms in total. The van der Waals surface area contributed by atoms with Gasteiger partial charge in [-0.25, -0.2) is 0 Å². The average molecular weight is 265 g/mol. The highest BCUT2D eigenvalue weighted by atomic mass is 16.5. The standard InChI is InChI=1S/C15H23NO3/c1-4-12-6-8-13(9-7-12)19-11-5-10-15(2,16-3)14(17)18/h6-9,16H,4-5,10-11H2,1-3H3,(H,17,18). The Hall–Kier alpha value is -1.55. The van der Waals surface area contributed by atoms with Gasteiger partial charge in [-0.15, -0.1) is 0 Å². The van der Waals surface area contributed by atoms with Crippen LogP contribution in [0.25, 0.3) is 0 Å². The van der Waals surface area contributed by atoms with Gasteiger partial charge in [0, 0.05) is 0 Å². The molecule has 2 N–H and O–H groups in total. The summed E-state index contributed by atoms with van der Waals surface area (Å²) in [6.45, 7) is 4.32. The predicted molar refractivity (Wildman–Crippen MR) is 75.6 cm³/mol. The van der Waals surface area contributed by atoms with Crippen LogP contribution in [0.15, 0.2) is 24.3 Å². The van der Waals surface area contributed by atoms with Crippen LogP contribution >= 0.6 is 0 Å². The summed E-state index contributed by atoms with van der Waals surface area (Å²) in [4.78, 5) is 11.1. The summed E-state index contributed by atoms with van der Waals surface area (Å²) in [6.07, 6.45) is 2.24. The van der Waals surface area contributed by atoms with Gasteiger partial charge in [0.2, 0.25) is 0 Å². The first-order valence-electron chi connectivity index (χ1n) is 6.66. The van der Waals surface area contributed by atoms with Crippen LogP contribution in [0.3, 0.4) is 0 Å². The zero-order chi connectivity index (χ0) is 14.3. The zero-order valence-corrected chi connectivity index (χ0v) is 11.9. The van der Waals surface area contributed by atoms with Crippen molar-refractivity contribution in [1.29, 1.82) is 0 Å². The first kappa shape index (κ1) is 15.5. The lowest BCUT2D eigenvalue weighted by Crippen LogP contribution is -2.47. The molecular formula is C15H23NO3. The SMILES string of the molecule is CCc1ccc(OCCCC(C)(NC)C(=O)O)cc1. The molecule has 106 valence electrons. The lowest BCUT2D eigenvalue weighted by atomic mass is 9.96. The van der Waals surface area contributed by atoms with E-state index in [0.29, 0.717) is 19.4 Å². The summed E-state index contributed by atoms with van der Waals surface area (Å²) in [7, 11) is 1.67. The Morgan fingerprint density at radius 2 is 2.00 bits per heavy atom. The number of aliphatic carboxylic acids is 1. The maximum atomic E-state index is 11.1. The van der Waals surface area contributed by atoms with Crippen molar-refractivity contribution >= 4 is 5.97 Å². The van der Waals surface area contributed by atoms with E-state index < -0.39 is 11.5 Å². The first-order valence-corrected chi connectivity index (χ1v) is 6.66. The van der Waals surface area contributed by atoms with E-state index in [0.717, 1.165) is 12.2 Å². The van der Waals surface area contributed by atoms with Gasteiger partial charge < -0.3 is 15.2 Å². The minimum atomic E-state index is -0.880. The summed E-state index contributed by atoms with van der Waals surface area (Å²) < 4.78 is 5.60. The highest BCUT2D eigenvalue weighted by Crippen LogP contribution is 2.15. The summed E-state index contributed by atoms with van der Waals surface area (Å²) in [5, 5.41) is 11.9. The molecule has 1 aromatic carbocycles. The third kappa shape index (κ3) is 4.56. The van der Waals surface area contributed by atoms with Gasteiger partial charge in [-0.1, -0.05) is 19.1 Å². The smallest absolute Gasteiger partial charge is 0.323 e. The van der Waals surface area contributed by atoms with Gasteiger partial charge in [-0.3, -0.25) is 4.79 Å². The quantitative estimate of drug-likeness (QED) is 0.709. The van der Waals surface area contributed by atoms with E-state index in [-0.39, 0.29) is 0 Å². The molecule has 0 bridgehead atoms. The Labute approximate surface area is 114 Å². The number of benzene rings is 1. The third-order valence-electron chi connectivity index (χ3n) is 3.45. The molecule has 1 aromatic rings. The summed E-state index contributed by atoms with van der Waals surface area (Å²) in [6, 6.07) is 8.00. The van der Waals surface area contributed by atoms with Crippen molar-refractivity contribution < 1.29 is 14.6 Å². The molecule has 1 unspecified atom stereocenters. The molecule has 0 aliphatic heterocycles. The molecule has 0 aromatic heterocycles. The number of ether oxygens (including phenoxy) is 1. The van der Waals surface area contributed by atoms with Crippen molar-refractivity contribution in [2.24, 2.45) is 0 Å². The number of aryl methyl sites for hydroxylation is 1. The van der Waals surface area contributed by atoms with Gasteiger partial charge in [-0.2, -0.15) is 0 Å². The highest BCUT2D eigenvalue weighted by Gasteiger charge is 2.30. The van der Waals surface area contributed by atoms with Crippen LogP contribution < -0.4 is 10.1 Å². The normalized spacial score (nSPS) is 13.8. The fourth-order valence-electron chi connectivity index (χ4n) is 1.78. The van der Waals surface area contributed by atoms with Crippen molar-refractivity contribution in [1.82, 2.24) is 5.32 Å². The van der Waals surface area contributed by atoms with Crippen molar-refractivity contribution in [2.75, 3.05) is 13.7 Å². The van der Waals surface area contributed by atoms with E-state index in [1.165, 1.54) is 5.56 Å². The molecule has 19 heavy (non-hydrogen) atoms. The van der Waals surface area contributed by atoms with E-state index in [4.69, 9.17) is 9.84 Å². The van der Waals surface area contributed by atoms with Gasteiger partial charge in [0.25, 0.3) is 0 Å². The zero-order valence-electron chi connectivity index (χ0n) is 11.9. The van der Waals surface area contributed by atoms with E-state index in [2.05, 4.69) is 12.2 Å². The number of nitrogens with one attached hydrogen (secondary N) is 1. The lowest BCUT2D eigenvalue weighted by Gasteiger charge is -2.23.